The number of hydrogen-bond acceptors (Lipinski definition) is 9. The predicted octanol–water partition coefficient (Wildman–Crippen LogP) is 6.42. The fourth-order valence-electron chi connectivity index (χ4n) is 5.14. The molecule has 6 rings (SSSR count). The number of rotatable bonds is 14. The summed E-state index contributed by atoms with van der Waals surface area (Å²) >= 11 is 1.58. The van der Waals surface area contributed by atoms with Crippen molar-refractivity contribution in [3.63, 3.8) is 0 Å². The highest BCUT2D eigenvalue weighted by molar-refractivity contribution is 7.99. The molecule has 0 saturated heterocycles. The normalized spacial score (nSPS) is 15.9. The molecule has 3 aromatic carbocycles. The van der Waals surface area contributed by atoms with E-state index in [2.05, 4.69) is 65.0 Å². The summed E-state index contributed by atoms with van der Waals surface area (Å²) in [6.07, 6.45) is 2.94. The highest BCUT2D eigenvalue weighted by atomic mass is 32.2. The zero-order chi connectivity index (χ0) is 29.6. The molecule has 0 bridgehead atoms. The molecule has 0 amide bonds. The fraction of sp³-hybridized carbons (Fsp3) is 0.333. The lowest BCUT2D eigenvalue weighted by atomic mass is 10.1. The van der Waals surface area contributed by atoms with Gasteiger partial charge in [-0.3, -0.25) is 0 Å². The Kier molecular flexibility index (Phi) is 9.04. The third kappa shape index (κ3) is 6.76. The van der Waals surface area contributed by atoms with Crippen molar-refractivity contribution in [1.82, 2.24) is 30.3 Å². The Hall–Kier alpha value is -4.15. The highest BCUT2D eigenvalue weighted by Gasteiger charge is 2.37. The van der Waals surface area contributed by atoms with E-state index in [0.717, 1.165) is 30.6 Å². The minimum absolute atomic E-state index is 0.320. The van der Waals surface area contributed by atoms with E-state index in [1.54, 1.807) is 26.0 Å². The molecule has 43 heavy (non-hydrogen) atoms. The van der Waals surface area contributed by atoms with Gasteiger partial charge in [-0.15, -0.1) is 5.10 Å². The second-order valence-corrected chi connectivity index (χ2v) is 11.6. The van der Waals surface area contributed by atoms with Gasteiger partial charge in [-0.05, 0) is 48.1 Å². The third-order valence-electron chi connectivity index (χ3n) is 7.51. The number of methoxy groups -OCH3 is 2. The highest BCUT2D eigenvalue weighted by Crippen LogP contribution is 2.44. The van der Waals surface area contributed by atoms with Crippen molar-refractivity contribution in [3.05, 3.63) is 89.5 Å². The van der Waals surface area contributed by atoms with Crippen LogP contribution in [0.15, 0.2) is 78.0 Å². The van der Waals surface area contributed by atoms with Crippen LogP contribution in [0.4, 0.5) is 0 Å². The van der Waals surface area contributed by atoms with E-state index in [-0.39, 0.29) is 0 Å². The van der Waals surface area contributed by atoms with Crippen molar-refractivity contribution in [2.75, 3.05) is 20.0 Å². The first kappa shape index (κ1) is 28.9. The zero-order valence-electron chi connectivity index (χ0n) is 24.7. The first-order chi connectivity index (χ1) is 21.2. The largest absolute Gasteiger partial charge is 0.493 e. The van der Waals surface area contributed by atoms with Gasteiger partial charge in [0.05, 0.1) is 14.2 Å². The molecule has 0 spiro atoms. The van der Waals surface area contributed by atoms with E-state index in [9.17, 15) is 0 Å². The van der Waals surface area contributed by atoms with Crippen LogP contribution in [0.3, 0.4) is 0 Å². The first-order valence-electron chi connectivity index (χ1n) is 14.7. The summed E-state index contributed by atoms with van der Waals surface area (Å²) in [5, 5.41) is 13.1. The molecule has 1 aliphatic rings. The molecule has 0 unspecified atom stereocenters. The van der Waals surface area contributed by atoms with E-state index in [1.165, 1.54) is 11.1 Å². The molecular weight excluding hydrogens is 560 g/mol. The van der Waals surface area contributed by atoms with Crippen LogP contribution in [-0.4, -0.2) is 51.0 Å². The molecule has 2 heterocycles. The Morgan fingerprint density at radius 3 is 2.35 bits per heavy atom. The molecule has 1 aliphatic carbocycles. The van der Waals surface area contributed by atoms with E-state index in [0.29, 0.717) is 64.5 Å². The SMILES string of the molecule is CCCSc1nc(Oc2c(OC)cc(CN[C@@H]3C[C@H]3c3ccccc3)cc2OC)c2nnn(CCc3ccccc3)c2n1. The van der Waals surface area contributed by atoms with Gasteiger partial charge in [0, 0.05) is 30.8 Å². The van der Waals surface area contributed by atoms with Crippen LogP contribution in [0, 0.1) is 0 Å². The smallest absolute Gasteiger partial charge is 0.254 e. The first-order valence-corrected chi connectivity index (χ1v) is 15.6. The van der Waals surface area contributed by atoms with E-state index < -0.39 is 0 Å². The van der Waals surface area contributed by atoms with Gasteiger partial charge in [-0.1, -0.05) is 84.6 Å². The molecule has 1 saturated carbocycles. The standard InChI is InChI=1S/C33H36N6O3S/c1-4-17-43-33-35-31-29(37-38-39(31)16-15-22-11-7-5-8-12-22)32(36-33)42-30-27(40-2)18-23(19-28(30)41-3)21-34-26-20-25(26)24-13-9-6-10-14-24/h5-14,18-19,25-26,34H,4,15-17,20-21H2,1-3H3/t25-,26+/m0/s1. The number of aromatic nitrogens is 5. The minimum Gasteiger partial charge on any atom is -0.493 e. The van der Waals surface area contributed by atoms with Crippen LogP contribution in [0.25, 0.3) is 11.2 Å². The third-order valence-corrected chi connectivity index (χ3v) is 8.56. The Labute approximate surface area is 256 Å². The summed E-state index contributed by atoms with van der Waals surface area (Å²) in [6.45, 7) is 3.45. The lowest BCUT2D eigenvalue weighted by molar-refractivity contribution is 0.341. The molecule has 9 nitrogen and oxygen atoms in total. The van der Waals surface area contributed by atoms with Crippen molar-refractivity contribution in [2.24, 2.45) is 0 Å². The van der Waals surface area contributed by atoms with Gasteiger partial charge >= 0.3 is 0 Å². The molecule has 2 aromatic heterocycles. The topological polar surface area (TPSA) is 96.2 Å². The number of nitrogens with one attached hydrogen (secondary N) is 1. The predicted molar refractivity (Wildman–Crippen MR) is 168 cm³/mol. The van der Waals surface area contributed by atoms with E-state index >= 15 is 0 Å². The summed E-state index contributed by atoms with van der Waals surface area (Å²) in [5.41, 5.74) is 4.76. The lowest BCUT2D eigenvalue weighted by Gasteiger charge is -2.16. The number of ether oxygens (including phenoxy) is 3. The van der Waals surface area contributed by atoms with Crippen LogP contribution in [0.1, 0.15) is 42.4 Å². The monoisotopic (exact) mass is 596 g/mol. The molecular formula is C33H36N6O3S. The molecule has 2 atom stereocenters. The molecule has 5 aromatic rings. The molecule has 10 heteroatoms. The summed E-state index contributed by atoms with van der Waals surface area (Å²) in [7, 11) is 3.26. The summed E-state index contributed by atoms with van der Waals surface area (Å²) in [4.78, 5) is 9.53. The van der Waals surface area contributed by atoms with Gasteiger partial charge in [0.2, 0.25) is 5.75 Å². The summed E-state index contributed by atoms with van der Waals surface area (Å²) in [5.74, 6) is 3.30. The van der Waals surface area contributed by atoms with Gasteiger partial charge in [-0.2, -0.15) is 4.98 Å². The van der Waals surface area contributed by atoms with Crippen LogP contribution >= 0.6 is 11.8 Å². The van der Waals surface area contributed by atoms with E-state index in [1.807, 2.05) is 35.0 Å². The molecule has 222 valence electrons. The van der Waals surface area contributed by atoms with Gasteiger partial charge in [0.15, 0.2) is 27.8 Å². The Balaban J connectivity index is 1.25. The van der Waals surface area contributed by atoms with Crippen molar-refractivity contribution < 1.29 is 14.2 Å². The average Bonchev–Trinajstić information content (AvgIpc) is 3.73. The van der Waals surface area contributed by atoms with Crippen molar-refractivity contribution in [2.45, 2.75) is 56.4 Å². The molecule has 1 N–H and O–H groups in total. The number of benzene rings is 3. The van der Waals surface area contributed by atoms with Crippen molar-refractivity contribution in [1.29, 1.82) is 0 Å². The quantitative estimate of drug-likeness (QED) is 0.115. The van der Waals surface area contributed by atoms with Crippen LogP contribution in [0.5, 0.6) is 23.1 Å². The van der Waals surface area contributed by atoms with Crippen LogP contribution in [0.2, 0.25) is 0 Å². The van der Waals surface area contributed by atoms with Crippen molar-refractivity contribution >= 4 is 22.9 Å². The Morgan fingerprint density at radius 1 is 0.930 bits per heavy atom. The molecule has 0 radical (unpaired) electrons. The van der Waals surface area contributed by atoms with Crippen molar-refractivity contribution in [3.8, 4) is 23.1 Å². The van der Waals surface area contributed by atoms with Gasteiger partial charge in [0.25, 0.3) is 5.88 Å². The summed E-state index contributed by atoms with van der Waals surface area (Å²) in [6, 6.07) is 25.4. The average molecular weight is 597 g/mol. The van der Waals surface area contributed by atoms with Gasteiger partial charge < -0.3 is 19.5 Å². The molecule has 0 aliphatic heterocycles. The number of fused-ring (bicyclic) bond motifs is 1. The van der Waals surface area contributed by atoms with Gasteiger partial charge in [0.1, 0.15) is 0 Å². The second kappa shape index (κ2) is 13.4. The maximum absolute atomic E-state index is 6.45. The van der Waals surface area contributed by atoms with Crippen LogP contribution < -0.4 is 19.5 Å². The maximum atomic E-state index is 6.45. The number of thioether (sulfide) groups is 1. The Bertz CT molecular complexity index is 1640. The minimum atomic E-state index is 0.320. The second-order valence-electron chi connectivity index (χ2n) is 10.6. The number of aryl methyl sites for hydroxylation is 2. The van der Waals surface area contributed by atoms with Crippen LogP contribution in [-0.2, 0) is 19.5 Å². The molecule has 1 fully saturated rings. The summed E-state index contributed by atoms with van der Waals surface area (Å²) < 4.78 is 19.8. The fourth-order valence-corrected chi connectivity index (χ4v) is 5.83. The number of hydrogen-bond donors (Lipinski definition) is 1. The Morgan fingerprint density at radius 2 is 1.65 bits per heavy atom. The lowest BCUT2D eigenvalue weighted by Crippen LogP contribution is -2.17. The maximum Gasteiger partial charge on any atom is 0.254 e. The van der Waals surface area contributed by atoms with E-state index in [4.69, 9.17) is 24.2 Å². The van der Waals surface area contributed by atoms with Gasteiger partial charge in [-0.25, -0.2) is 9.67 Å². The number of nitrogens with zero attached hydrogens (tertiary/aromatic N) is 5. The zero-order valence-corrected chi connectivity index (χ0v) is 25.5.